The predicted molar refractivity (Wildman–Crippen MR) is 104 cm³/mol. The van der Waals surface area contributed by atoms with Gasteiger partial charge in [0.05, 0.1) is 26.0 Å². The van der Waals surface area contributed by atoms with E-state index in [1.165, 1.54) is 22.4 Å². The number of nitrogens with zero attached hydrogens (tertiary/aromatic N) is 2. The van der Waals surface area contributed by atoms with Crippen LogP contribution in [-0.4, -0.2) is 30.7 Å². The van der Waals surface area contributed by atoms with Crippen molar-refractivity contribution >= 4 is 0 Å². The first-order valence-electron chi connectivity index (χ1n) is 8.80. The van der Waals surface area contributed by atoms with E-state index in [1.54, 1.807) is 14.2 Å². The highest BCUT2D eigenvalue weighted by Gasteiger charge is 2.35. The molecular weight excluding hydrogens is 324 g/mol. The molecule has 1 aliphatic rings. The molecule has 1 unspecified atom stereocenters. The van der Waals surface area contributed by atoms with E-state index in [-0.39, 0.29) is 6.04 Å². The smallest absolute Gasteiger partial charge is 0.128 e. The van der Waals surface area contributed by atoms with E-state index in [0.29, 0.717) is 0 Å². The summed E-state index contributed by atoms with van der Waals surface area (Å²) in [5.41, 5.74) is 6.25. The van der Waals surface area contributed by atoms with Gasteiger partial charge in [-0.05, 0) is 36.4 Å². The Hall–Kier alpha value is -2.72. The van der Waals surface area contributed by atoms with Gasteiger partial charge in [-0.25, -0.2) is 0 Å². The molecule has 134 valence electrons. The van der Waals surface area contributed by atoms with Crippen LogP contribution in [-0.2, 0) is 13.6 Å². The lowest BCUT2D eigenvalue weighted by Gasteiger charge is -2.23. The third-order valence-corrected chi connectivity index (χ3v) is 5.26. The lowest BCUT2D eigenvalue weighted by molar-refractivity contribution is 0.293. The largest absolute Gasteiger partial charge is 0.496 e. The van der Waals surface area contributed by atoms with Gasteiger partial charge in [0.1, 0.15) is 11.5 Å². The highest BCUT2D eigenvalue weighted by Crippen LogP contribution is 2.46. The third-order valence-electron chi connectivity index (χ3n) is 5.26. The van der Waals surface area contributed by atoms with Gasteiger partial charge in [-0.3, -0.25) is 4.90 Å². The fourth-order valence-corrected chi connectivity index (χ4v) is 4.17. The highest BCUT2D eigenvalue weighted by atomic mass is 16.5. The number of ether oxygens (including phenoxy) is 2. The summed E-state index contributed by atoms with van der Waals surface area (Å²) in [6.07, 6.45) is 2.25. The number of fused-ring (bicyclic) bond motifs is 1. The molecule has 4 heteroatoms. The number of hydrogen-bond acceptors (Lipinski definition) is 3. The maximum absolute atomic E-state index is 5.63. The standard InChI is InChI=1S/C22H24N2O2/c1-23-13-17-18(21(23)15-9-5-7-11-19(15)25-3)14-24(2)22(17)16-10-6-8-12-20(16)26-4/h5-13,22H,14H2,1-4H3. The van der Waals surface area contributed by atoms with E-state index in [9.17, 15) is 0 Å². The minimum atomic E-state index is 0.191. The lowest BCUT2D eigenvalue weighted by atomic mass is 9.98. The van der Waals surface area contributed by atoms with Crippen LogP contribution in [0, 0.1) is 0 Å². The van der Waals surface area contributed by atoms with Crippen molar-refractivity contribution in [3.63, 3.8) is 0 Å². The molecule has 3 aromatic rings. The van der Waals surface area contributed by atoms with E-state index in [0.717, 1.165) is 23.6 Å². The lowest BCUT2D eigenvalue weighted by Crippen LogP contribution is -2.19. The van der Waals surface area contributed by atoms with Crippen molar-refractivity contribution in [3.8, 4) is 22.8 Å². The molecule has 0 saturated heterocycles. The molecule has 0 aliphatic carbocycles. The second kappa shape index (κ2) is 6.54. The van der Waals surface area contributed by atoms with Crippen molar-refractivity contribution in [3.05, 3.63) is 71.4 Å². The normalized spacial score (nSPS) is 16.5. The summed E-state index contributed by atoms with van der Waals surface area (Å²) in [6.45, 7) is 0.895. The Morgan fingerprint density at radius 2 is 1.50 bits per heavy atom. The SMILES string of the molecule is COc1ccccc1-c1c2c(cn1C)C(c1ccccc1OC)N(C)C2. The van der Waals surface area contributed by atoms with Gasteiger partial charge >= 0.3 is 0 Å². The molecule has 4 nitrogen and oxygen atoms in total. The van der Waals surface area contributed by atoms with Gasteiger partial charge in [-0.15, -0.1) is 0 Å². The first kappa shape index (κ1) is 16.7. The molecule has 1 aliphatic heterocycles. The van der Waals surface area contributed by atoms with Crippen LogP contribution < -0.4 is 9.47 Å². The topological polar surface area (TPSA) is 26.6 Å². The van der Waals surface area contributed by atoms with Crippen LogP contribution in [0.1, 0.15) is 22.7 Å². The van der Waals surface area contributed by atoms with Crippen LogP contribution in [0.2, 0.25) is 0 Å². The number of hydrogen-bond donors (Lipinski definition) is 0. The molecule has 0 bridgehead atoms. The van der Waals surface area contributed by atoms with Gasteiger partial charge < -0.3 is 14.0 Å². The van der Waals surface area contributed by atoms with Crippen LogP contribution in [0.25, 0.3) is 11.3 Å². The van der Waals surface area contributed by atoms with Gasteiger partial charge in [0.25, 0.3) is 0 Å². The minimum Gasteiger partial charge on any atom is -0.496 e. The molecule has 1 aromatic heterocycles. The number of benzene rings is 2. The molecule has 0 saturated carbocycles. The van der Waals surface area contributed by atoms with Gasteiger partial charge in [-0.1, -0.05) is 30.3 Å². The highest BCUT2D eigenvalue weighted by molar-refractivity contribution is 5.73. The average Bonchev–Trinajstić information content (AvgIpc) is 3.14. The molecule has 26 heavy (non-hydrogen) atoms. The van der Waals surface area contributed by atoms with Crippen LogP contribution in [0.15, 0.2) is 54.7 Å². The monoisotopic (exact) mass is 348 g/mol. The molecule has 0 amide bonds. The van der Waals surface area contributed by atoms with Crippen molar-refractivity contribution in [2.75, 3.05) is 21.3 Å². The Morgan fingerprint density at radius 1 is 0.846 bits per heavy atom. The Balaban J connectivity index is 1.88. The Labute approximate surface area is 154 Å². The molecule has 2 heterocycles. The average molecular weight is 348 g/mol. The van der Waals surface area contributed by atoms with E-state index in [1.807, 2.05) is 24.3 Å². The van der Waals surface area contributed by atoms with E-state index in [2.05, 4.69) is 54.0 Å². The number of aryl methyl sites for hydroxylation is 1. The number of rotatable bonds is 4. The molecule has 1 atom stereocenters. The summed E-state index contributed by atoms with van der Waals surface area (Å²) in [5.74, 6) is 1.83. The van der Waals surface area contributed by atoms with Crippen LogP contribution in [0.3, 0.4) is 0 Å². The maximum atomic E-state index is 5.63. The van der Waals surface area contributed by atoms with Crippen molar-refractivity contribution < 1.29 is 9.47 Å². The zero-order valence-electron chi connectivity index (χ0n) is 15.7. The summed E-state index contributed by atoms with van der Waals surface area (Å²) >= 11 is 0. The molecule has 0 spiro atoms. The first-order chi connectivity index (χ1) is 12.7. The second-order valence-electron chi connectivity index (χ2n) is 6.78. The number of aromatic nitrogens is 1. The molecule has 4 rings (SSSR count). The zero-order valence-corrected chi connectivity index (χ0v) is 15.7. The summed E-state index contributed by atoms with van der Waals surface area (Å²) in [7, 11) is 7.74. The summed E-state index contributed by atoms with van der Waals surface area (Å²) in [4.78, 5) is 2.38. The Morgan fingerprint density at radius 3 is 2.23 bits per heavy atom. The molecular formula is C22H24N2O2. The van der Waals surface area contributed by atoms with Gasteiger partial charge in [0, 0.05) is 30.9 Å². The number of methoxy groups -OCH3 is 2. The fourth-order valence-electron chi connectivity index (χ4n) is 4.17. The van der Waals surface area contributed by atoms with Gasteiger partial charge in [0.2, 0.25) is 0 Å². The predicted octanol–water partition coefficient (Wildman–Crippen LogP) is 4.24. The van der Waals surface area contributed by atoms with Crippen molar-refractivity contribution in [2.24, 2.45) is 7.05 Å². The first-order valence-corrected chi connectivity index (χ1v) is 8.80. The summed E-state index contributed by atoms with van der Waals surface area (Å²) in [6, 6.07) is 16.7. The quantitative estimate of drug-likeness (QED) is 0.705. The summed E-state index contributed by atoms with van der Waals surface area (Å²) in [5, 5.41) is 0. The molecule has 0 N–H and O–H groups in total. The van der Waals surface area contributed by atoms with Crippen molar-refractivity contribution in [1.29, 1.82) is 0 Å². The Bertz CT molecular complexity index is 945. The molecule has 0 radical (unpaired) electrons. The Kier molecular flexibility index (Phi) is 4.21. The van der Waals surface area contributed by atoms with Crippen LogP contribution >= 0.6 is 0 Å². The number of para-hydroxylation sites is 2. The van der Waals surface area contributed by atoms with Gasteiger partial charge in [-0.2, -0.15) is 0 Å². The van der Waals surface area contributed by atoms with E-state index < -0.39 is 0 Å². The van der Waals surface area contributed by atoms with Crippen molar-refractivity contribution in [2.45, 2.75) is 12.6 Å². The second-order valence-corrected chi connectivity index (χ2v) is 6.78. The van der Waals surface area contributed by atoms with E-state index >= 15 is 0 Å². The van der Waals surface area contributed by atoms with Crippen LogP contribution in [0.4, 0.5) is 0 Å². The van der Waals surface area contributed by atoms with Crippen molar-refractivity contribution in [1.82, 2.24) is 9.47 Å². The molecule has 2 aromatic carbocycles. The van der Waals surface area contributed by atoms with Crippen LogP contribution in [0.5, 0.6) is 11.5 Å². The molecule has 0 fully saturated rings. The minimum absolute atomic E-state index is 0.191. The fraction of sp³-hybridized carbons (Fsp3) is 0.273. The zero-order chi connectivity index (χ0) is 18.3. The van der Waals surface area contributed by atoms with Gasteiger partial charge in [0.15, 0.2) is 0 Å². The maximum Gasteiger partial charge on any atom is 0.128 e. The third kappa shape index (κ3) is 2.49. The summed E-state index contributed by atoms with van der Waals surface area (Å²) < 4.78 is 13.5. The van der Waals surface area contributed by atoms with E-state index in [4.69, 9.17) is 9.47 Å².